The molecule has 3 amide bonds. The minimum Gasteiger partial charge on any atom is -0.481 e. The number of piperazine rings is 1. The first-order valence-electron chi connectivity index (χ1n) is 17.4. The molecule has 1 aliphatic carbocycles. The Morgan fingerprint density at radius 3 is 2.35 bits per heavy atom. The third-order valence-electron chi connectivity index (χ3n) is 10.3. The molecule has 1 saturated carbocycles. The number of alkyl halides is 2. The van der Waals surface area contributed by atoms with E-state index in [0.29, 0.717) is 50.5 Å². The second kappa shape index (κ2) is 16.9. The van der Waals surface area contributed by atoms with Crippen LogP contribution in [0, 0.1) is 23.6 Å². The van der Waals surface area contributed by atoms with Gasteiger partial charge in [0, 0.05) is 62.3 Å². The van der Waals surface area contributed by atoms with Crippen LogP contribution in [0.2, 0.25) is 0 Å². The van der Waals surface area contributed by atoms with Gasteiger partial charge in [0.25, 0.3) is 5.91 Å². The number of pyridine rings is 1. The first-order valence-corrected chi connectivity index (χ1v) is 18.1. The maximum atomic E-state index is 15.8. The Morgan fingerprint density at radius 1 is 1.04 bits per heavy atom. The summed E-state index contributed by atoms with van der Waals surface area (Å²) in [4.78, 5) is 61.5. The van der Waals surface area contributed by atoms with E-state index in [-0.39, 0.29) is 28.3 Å². The number of Topliss-reactive ketones (excluding diaryl/α,β-unsaturated/α-hetero) is 1. The van der Waals surface area contributed by atoms with Crippen molar-refractivity contribution >= 4 is 40.7 Å². The summed E-state index contributed by atoms with van der Waals surface area (Å²) >= 11 is 0.881. The summed E-state index contributed by atoms with van der Waals surface area (Å²) in [5, 5.41) is 9.03. The number of rotatable bonds is 13. The van der Waals surface area contributed by atoms with Gasteiger partial charge in [-0.25, -0.2) is 9.37 Å². The summed E-state index contributed by atoms with van der Waals surface area (Å²) in [6.45, 7) is 6.01. The van der Waals surface area contributed by atoms with E-state index in [0.717, 1.165) is 36.6 Å². The number of amides is 3. The molecule has 1 aromatic carbocycles. The molecule has 1 saturated heterocycles. The van der Waals surface area contributed by atoms with Gasteiger partial charge in [-0.15, -0.1) is 5.10 Å². The Hall–Kier alpha value is -4.44. The number of hydrogen-bond acceptors (Lipinski definition) is 10. The maximum absolute atomic E-state index is 15.8. The number of carbonyl (C=O) groups excluding carboxylic acids is 4. The summed E-state index contributed by atoms with van der Waals surface area (Å²) in [7, 11) is 3.29. The molecule has 12 nitrogen and oxygen atoms in total. The van der Waals surface area contributed by atoms with Crippen molar-refractivity contribution in [1.29, 1.82) is 0 Å². The number of aromatic nitrogens is 3. The average molecular weight is 744 g/mol. The van der Waals surface area contributed by atoms with E-state index in [2.05, 4.69) is 37.0 Å². The predicted molar refractivity (Wildman–Crippen MR) is 188 cm³/mol. The van der Waals surface area contributed by atoms with Crippen molar-refractivity contribution in [2.24, 2.45) is 17.8 Å². The quantitative estimate of drug-likeness (QED) is 0.250. The normalized spacial score (nSPS) is 20.0. The highest BCUT2D eigenvalue weighted by Gasteiger charge is 2.44. The lowest BCUT2D eigenvalue weighted by Gasteiger charge is -2.36. The molecule has 3 aromatic rings. The van der Waals surface area contributed by atoms with Crippen LogP contribution in [0.5, 0.6) is 5.88 Å². The number of nitrogens with one attached hydrogen (secondary N) is 2. The van der Waals surface area contributed by atoms with Gasteiger partial charge in [0.15, 0.2) is 0 Å². The van der Waals surface area contributed by atoms with Crippen LogP contribution >= 0.6 is 11.5 Å². The number of ketones is 1. The number of carbonyl (C=O) groups is 4. The van der Waals surface area contributed by atoms with Crippen LogP contribution in [-0.2, 0) is 20.3 Å². The zero-order chi connectivity index (χ0) is 37.6. The van der Waals surface area contributed by atoms with Crippen LogP contribution in [0.15, 0.2) is 42.7 Å². The van der Waals surface area contributed by atoms with Crippen molar-refractivity contribution in [3.05, 3.63) is 64.5 Å². The predicted octanol–water partition coefficient (Wildman–Crippen LogP) is 4.89. The van der Waals surface area contributed by atoms with Crippen LogP contribution in [-0.4, -0.2) is 94.3 Å². The lowest BCUT2D eigenvalue weighted by molar-refractivity contribution is -0.147. The van der Waals surface area contributed by atoms with Crippen LogP contribution in [0.3, 0.4) is 0 Å². The van der Waals surface area contributed by atoms with E-state index in [9.17, 15) is 19.2 Å². The van der Waals surface area contributed by atoms with Gasteiger partial charge in [-0.2, -0.15) is 8.78 Å². The Balaban J connectivity index is 1.34. The van der Waals surface area contributed by atoms with E-state index in [1.54, 1.807) is 17.9 Å². The molecule has 3 heterocycles. The van der Waals surface area contributed by atoms with E-state index in [4.69, 9.17) is 4.74 Å². The standard InChI is InChI=1S/C36H44F3N7O5S/c1-21-5-7-23(8-6-21)26(18-30(47)36(38,39)25-10-12-31(51-4)40-19-25)33(48)42-28-11-9-24(17-27(28)37)22(2)32(43-34(49)29-20-41-44-52-29)35(50)46-15-13-45(3)14-16-46/h9-12,17,19-23,26,32H,5-8,13-16,18H2,1-4H3,(H,42,48)(H,43,49)/t21?,22-,23?,26-,32+/m0/s1. The minimum atomic E-state index is -3.91. The van der Waals surface area contributed by atoms with Crippen molar-refractivity contribution in [3.8, 4) is 5.88 Å². The highest BCUT2D eigenvalue weighted by atomic mass is 32.1. The lowest BCUT2D eigenvalue weighted by Crippen LogP contribution is -2.55. The smallest absolute Gasteiger partial charge is 0.331 e. The average Bonchev–Trinajstić information content (AvgIpc) is 3.69. The monoisotopic (exact) mass is 743 g/mol. The first-order chi connectivity index (χ1) is 24.8. The number of methoxy groups -OCH3 is 1. The largest absolute Gasteiger partial charge is 0.481 e. The lowest BCUT2D eigenvalue weighted by atomic mass is 9.74. The molecule has 5 rings (SSSR count). The molecule has 280 valence electrons. The van der Waals surface area contributed by atoms with Crippen molar-refractivity contribution < 1.29 is 37.1 Å². The molecular formula is C36H44F3N7O5S. The SMILES string of the molecule is COc1ccc(C(F)(F)C(=O)C[C@H](C(=O)Nc2ccc([C@H](C)[C@@H](NC(=O)c3cnns3)C(=O)N3CCN(C)CC3)cc2F)C2CCC(C)CC2)cn1. The third-order valence-corrected chi connectivity index (χ3v) is 10.9. The van der Waals surface area contributed by atoms with Gasteiger partial charge >= 0.3 is 5.92 Å². The summed E-state index contributed by atoms with van der Waals surface area (Å²) in [6.07, 6.45) is 4.09. The third kappa shape index (κ3) is 9.13. The Kier molecular flexibility index (Phi) is 12.6. The van der Waals surface area contributed by atoms with Crippen molar-refractivity contribution in [2.75, 3.05) is 45.7 Å². The van der Waals surface area contributed by atoms with Gasteiger partial charge < -0.3 is 25.2 Å². The van der Waals surface area contributed by atoms with Crippen molar-refractivity contribution in [2.45, 2.75) is 63.8 Å². The van der Waals surface area contributed by atoms with Gasteiger partial charge in [0.1, 0.15) is 16.7 Å². The maximum Gasteiger partial charge on any atom is 0.331 e. The van der Waals surface area contributed by atoms with Gasteiger partial charge in [-0.05, 0) is 67.0 Å². The highest BCUT2D eigenvalue weighted by molar-refractivity contribution is 7.07. The van der Waals surface area contributed by atoms with Crippen LogP contribution in [0.1, 0.15) is 72.7 Å². The number of benzene rings is 1. The molecule has 0 spiro atoms. The molecule has 2 fully saturated rings. The molecular weight excluding hydrogens is 700 g/mol. The fourth-order valence-electron chi connectivity index (χ4n) is 6.77. The summed E-state index contributed by atoms with van der Waals surface area (Å²) in [6, 6.07) is 5.30. The number of halogens is 3. The zero-order valence-electron chi connectivity index (χ0n) is 29.6. The van der Waals surface area contributed by atoms with Gasteiger partial charge in [0.2, 0.25) is 23.5 Å². The van der Waals surface area contributed by atoms with E-state index in [1.807, 2.05) is 7.05 Å². The second-order valence-electron chi connectivity index (χ2n) is 13.8. The molecule has 2 N–H and O–H groups in total. The van der Waals surface area contributed by atoms with E-state index < -0.39 is 59.2 Å². The van der Waals surface area contributed by atoms with Gasteiger partial charge in [-0.1, -0.05) is 37.2 Å². The fraction of sp³-hybridized carbons (Fsp3) is 0.528. The van der Waals surface area contributed by atoms with E-state index in [1.165, 1.54) is 31.5 Å². The molecule has 52 heavy (non-hydrogen) atoms. The molecule has 2 aliphatic rings. The number of anilines is 1. The molecule has 0 bridgehead atoms. The molecule has 16 heteroatoms. The van der Waals surface area contributed by atoms with Crippen LogP contribution in [0.4, 0.5) is 18.9 Å². The first kappa shape index (κ1) is 38.8. The topological polar surface area (TPSA) is 147 Å². The molecule has 2 aromatic heterocycles. The Labute approximate surface area is 304 Å². The molecule has 3 atom stereocenters. The van der Waals surface area contributed by atoms with Gasteiger partial charge in [-0.3, -0.25) is 19.2 Å². The summed E-state index contributed by atoms with van der Waals surface area (Å²) < 4.78 is 55.2. The van der Waals surface area contributed by atoms with Crippen LogP contribution < -0.4 is 15.4 Å². The van der Waals surface area contributed by atoms with Crippen LogP contribution in [0.25, 0.3) is 0 Å². The van der Waals surface area contributed by atoms with Gasteiger partial charge in [0.05, 0.1) is 19.0 Å². The Morgan fingerprint density at radius 2 is 1.75 bits per heavy atom. The van der Waals surface area contributed by atoms with E-state index >= 15 is 13.2 Å². The zero-order valence-corrected chi connectivity index (χ0v) is 30.4. The number of ether oxygens (including phenoxy) is 1. The Bertz CT molecular complexity index is 1710. The minimum absolute atomic E-state index is 0.110. The number of hydrogen-bond donors (Lipinski definition) is 2. The summed E-state index contributed by atoms with van der Waals surface area (Å²) in [5.74, 6) is -9.43. The molecule has 0 radical (unpaired) electrons. The van der Waals surface area contributed by atoms with Crippen molar-refractivity contribution in [1.82, 2.24) is 29.7 Å². The molecule has 1 aliphatic heterocycles. The highest BCUT2D eigenvalue weighted by Crippen LogP contribution is 2.39. The number of nitrogens with zero attached hydrogens (tertiary/aromatic N) is 5. The second-order valence-corrected chi connectivity index (χ2v) is 14.6. The van der Waals surface area contributed by atoms with Crippen molar-refractivity contribution in [3.63, 3.8) is 0 Å². The molecule has 0 unspecified atom stereocenters. The summed E-state index contributed by atoms with van der Waals surface area (Å²) in [5.41, 5.74) is -0.434. The fourth-order valence-corrected chi connectivity index (χ4v) is 7.19. The number of likely N-dealkylation sites (N-methyl/N-ethyl adjacent to an activating group) is 1.